The van der Waals surface area contributed by atoms with Gasteiger partial charge in [-0.3, -0.25) is 0 Å². The van der Waals surface area contributed by atoms with E-state index in [-0.39, 0.29) is 0 Å². The second kappa shape index (κ2) is 12.0. The van der Waals surface area contributed by atoms with Crippen LogP contribution >= 0.6 is 11.6 Å². The first-order valence-electron chi connectivity index (χ1n) is 4.05. The lowest BCUT2D eigenvalue weighted by Crippen LogP contribution is -2.21. The summed E-state index contributed by atoms with van der Waals surface area (Å²) in [6.45, 7) is 8.34. The molecule has 0 atom stereocenters. The summed E-state index contributed by atoms with van der Waals surface area (Å²) < 4.78 is 0. The van der Waals surface area contributed by atoms with Crippen molar-refractivity contribution in [3.63, 3.8) is 0 Å². The van der Waals surface area contributed by atoms with Crippen molar-refractivity contribution in [3.8, 4) is 0 Å². The van der Waals surface area contributed by atoms with Crippen molar-refractivity contribution >= 4 is 11.6 Å². The van der Waals surface area contributed by atoms with Crippen molar-refractivity contribution in [3.05, 3.63) is 0 Å². The van der Waals surface area contributed by atoms with E-state index in [0.29, 0.717) is 0 Å². The summed E-state index contributed by atoms with van der Waals surface area (Å²) in [5.41, 5.74) is 0. The SMILES string of the molecule is CC.CCCN(C)CCCl. The molecule has 0 saturated heterocycles. The van der Waals surface area contributed by atoms with Crippen LogP contribution in [0.4, 0.5) is 0 Å². The molecule has 0 aliphatic carbocycles. The van der Waals surface area contributed by atoms with E-state index < -0.39 is 0 Å². The van der Waals surface area contributed by atoms with Crippen molar-refractivity contribution < 1.29 is 0 Å². The number of halogens is 1. The zero-order valence-electron chi connectivity index (χ0n) is 7.65. The predicted octanol–water partition coefficient (Wildman–Crippen LogP) is 2.59. The van der Waals surface area contributed by atoms with Crippen LogP contribution in [0.15, 0.2) is 0 Å². The lowest BCUT2D eigenvalue weighted by atomic mass is 10.4. The Bertz CT molecular complexity index is 42.5. The normalized spacial score (nSPS) is 9.00. The maximum Gasteiger partial charge on any atom is 0.0351 e. The lowest BCUT2D eigenvalue weighted by molar-refractivity contribution is 0.355. The molecule has 0 bridgehead atoms. The van der Waals surface area contributed by atoms with Gasteiger partial charge in [-0.1, -0.05) is 20.8 Å². The first-order valence-corrected chi connectivity index (χ1v) is 4.59. The quantitative estimate of drug-likeness (QED) is 0.579. The molecule has 0 spiro atoms. The van der Waals surface area contributed by atoms with Crippen molar-refractivity contribution in [2.45, 2.75) is 27.2 Å². The Kier molecular flexibility index (Phi) is 15.4. The fourth-order valence-corrected chi connectivity index (χ4v) is 0.926. The minimum Gasteiger partial charge on any atom is -0.305 e. The number of nitrogens with zero attached hydrogens (tertiary/aromatic N) is 1. The van der Waals surface area contributed by atoms with Gasteiger partial charge in [-0.2, -0.15) is 0 Å². The third-order valence-corrected chi connectivity index (χ3v) is 1.24. The molecule has 0 aromatic carbocycles. The smallest absolute Gasteiger partial charge is 0.0351 e. The standard InChI is InChI=1S/C6H14ClN.C2H6/c1-3-5-8(2)6-4-7;1-2/h3-6H2,1-2H3;1-2H3. The third-order valence-electron chi connectivity index (χ3n) is 1.07. The first-order chi connectivity index (χ1) is 4.81. The van der Waals surface area contributed by atoms with Gasteiger partial charge < -0.3 is 4.90 Å². The van der Waals surface area contributed by atoms with E-state index in [1.54, 1.807) is 0 Å². The molecule has 0 aliphatic heterocycles. The summed E-state index contributed by atoms with van der Waals surface area (Å²) in [6.07, 6.45) is 1.22. The van der Waals surface area contributed by atoms with Gasteiger partial charge in [0.25, 0.3) is 0 Å². The average Bonchev–Trinajstić information content (AvgIpc) is 1.93. The van der Waals surface area contributed by atoms with Crippen molar-refractivity contribution in [1.82, 2.24) is 4.90 Å². The number of alkyl halides is 1. The van der Waals surface area contributed by atoms with Gasteiger partial charge in [-0.05, 0) is 20.0 Å². The molecule has 0 fully saturated rings. The Morgan fingerprint density at radius 1 is 1.20 bits per heavy atom. The topological polar surface area (TPSA) is 3.24 Å². The van der Waals surface area contributed by atoms with Crippen LogP contribution in [0.2, 0.25) is 0 Å². The van der Waals surface area contributed by atoms with Crippen LogP contribution in [-0.2, 0) is 0 Å². The highest BCUT2D eigenvalue weighted by atomic mass is 35.5. The Morgan fingerprint density at radius 3 is 2.00 bits per heavy atom. The highest BCUT2D eigenvalue weighted by Gasteiger charge is 1.91. The van der Waals surface area contributed by atoms with Crippen LogP contribution in [0.5, 0.6) is 0 Å². The highest BCUT2D eigenvalue weighted by molar-refractivity contribution is 6.18. The van der Waals surface area contributed by atoms with E-state index in [9.17, 15) is 0 Å². The Morgan fingerprint density at radius 2 is 1.70 bits per heavy atom. The molecule has 64 valence electrons. The van der Waals surface area contributed by atoms with Crippen LogP contribution in [0.1, 0.15) is 27.2 Å². The Labute approximate surface area is 70.4 Å². The minimum atomic E-state index is 0.747. The molecule has 1 nitrogen and oxygen atoms in total. The van der Waals surface area contributed by atoms with Gasteiger partial charge in [0.05, 0.1) is 0 Å². The molecule has 0 amide bonds. The minimum absolute atomic E-state index is 0.747. The monoisotopic (exact) mass is 165 g/mol. The van der Waals surface area contributed by atoms with E-state index in [1.165, 1.54) is 6.42 Å². The molecular formula is C8H20ClN. The number of rotatable bonds is 4. The first kappa shape index (κ1) is 12.9. The van der Waals surface area contributed by atoms with Crippen LogP contribution < -0.4 is 0 Å². The molecule has 0 aliphatic rings. The van der Waals surface area contributed by atoms with Crippen LogP contribution in [0.25, 0.3) is 0 Å². The lowest BCUT2D eigenvalue weighted by Gasteiger charge is -2.11. The largest absolute Gasteiger partial charge is 0.305 e. The molecule has 0 unspecified atom stereocenters. The summed E-state index contributed by atoms with van der Waals surface area (Å²) in [5, 5.41) is 0. The molecule has 0 saturated carbocycles. The zero-order valence-corrected chi connectivity index (χ0v) is 8.41. The summed E-state index contributed by atoms with van der Waals surface area (Å²) in [4.78, 5) is 2.23. The van der Waals surface area contributed by atoms with Crippen LogP contribution in [0, 0.1) is 0 Å². The second-order valence-corrected chi connectivity index (χ2v) is 2.37. The summed E-state index contributed by atoms with van der Waals surface area (Å²) in [5.74, 6) is 0.747. The molecule has 0 aromatic heterocycles. The molecule has 0 N–H and O–H groups in total. The van der Waals surface area contributed by atoms with Gasteiger partial charge in [0.1, 0.15) is 0 Å². The summed E-state index contributed by atoms with van der Waals surface area (Å²) in [7, 11) is 2.09. The van der Waals surface area contributed by atoms with E-state index in [0.717, 1.165) is 19.0 Å². The summed E-state index contributed by atoms with van der Waals surface area (Å²) in [6, 6.07) is 0. The number of hydrogen-bond donors (Lipinski definition) is 0. The van der Waals surface area contributed by atoms with Gasteiger partial charge in [0, 0.05) is 12.4 Å². The van der Waals surface area contributed by atoms with E-state index in [4.69, 9.17) is 11.6 Å². The van der Waals surface area contributed by atoms with E-state index in [2.05, 4.69) is 18.9 Å². The van der Waals surface area contributed by atoms with Crippen molar-refractivity contribution in [1.29, 1.82) is 0 Å². The second-order valence-electron chi connectivity index (χ2n) is 1.99. The van der Waals surface area contributed by atoms with Crippen LogP contribution in [0.3, 0.4) is 0 Å². The Hall–Kier alpha value is 0.250. The average molecular weight is 166 g/mol. The summed E-state index contributed by atoms with van der Waals surface area (Å²) >= 11 is 5.49. The van der Waals surface area contributed by atoms with Crippen molar-refractivity contribution in [2.24, 2.45) is 0 Å². The van der Waals surface area contributed by atoms with E-state index >= 15 is 0 Å². The Balaban J connectivity index is 0. The van der Waals surface area contributed by atoms with Gasteiger partial charge in [-0.25, -0.2) is 0 Å². The molecule has 0 aromatic rings. The van der Waals surface area contributed by atoms with Gasteiger partial charge >= 0.3 is 0 Å². The van der Waals surface area contributed by atoms with Gasteiger partial charge in [-0.15, -0.1) is 11.6 Å². The predicted molar refractivity (Wildman–Crippen MR) is 49.9 cm³/mol. The number of hydrogen-bond acceptors (Lipinski definition) is 1. The molecule has 2 heteroatoms. The third kappa shape index (κ3) is 11.1. The fourth-order valence-electron chi connectivity index (χ4n) is 0.638. The van der Waals surface area contributed by atoms with Crippen molar-refractivity contribution in [2.75, 3.05) is 26.0 Å². The molecule has 0 rings (SSSR count). The molecular weight excluding hydrogens is 146 g/mol. The van der Waals surface area contributed by atoms with Gasteiger partial charge in [0.2, 0.25) is 0 Å². The maximum absolute atomic E-state index is 5.49. The molecule has 0 radical (unpaired) electrons. The van der Waals surface area contributed by atoms with Crippen LogP contribution in [-0.4, -0.2) is 30.9 Å². The zero-order chi connectivity index (χ0) is 8.41. The fraction of sp³-hybridized carbons (Fsp3) is 1.00. The molecule has 0 heterocycles. The molecule has 10 heavy (non-hydrogen) atoms. The van der Waals surface area contributed by atoms with Gasteiger partial charge in [0.15, 0.2) is 0 Å². The maximum atomic E-state index is 5.49. The van der Waals surface area contributed by atoms with E-state index in [1.807, 2.05) is 13.8 Å². The highest BCUT2D eigenvalue weighted by Crippen LogP contribution is 1.86.